The van der Waals surface area contributed by atoms with Crippen LogP contribution in [0.1, 0.15) is 0 Å². The predicted octanol–water partition coefficient (Wildman–Crippen LogP) is 3.56. The fourth-order valence-corrected chi connectivity index (χ4v) is 0.915. The normalized spacial score (nSPS) is 8.22. The van der Waals surface area contributed by atoms with Crippen molar-refractivity contribution in [2.45, 2.75) is 0 Å². The Labute approximate surface area is 90.1 Å². The Kier molecular flexibility index (Phi) is 5.25. The van der Waals surface area contributed by atoms with Crippen LogP contribution in [-0.4, -0.2) is 0 Å². The van der Waals surface area contributed by atoms with Crippen molar-refractivity contribution in [2.24, 2.45) is 0 Å². The summed E-state index contributed by atoms with van der Waals surface area (Å²) in [6.07, 6.45) is 0. The molecule has 0 amide bonds. The molecule has 1 aromatic carbocycles. The average Bonchev–Trinajstić information content (AvgIpc) is 1.77. The highest BCUT2D eigenvalue weighted by atomic mass is 127. The first-order valence-corrected chi connectivity index (χ1v) is 3.66. The van der Waals surface area contributed by atoms with E-state index in [1.165, 1.54) is 3.57 Å². The van der Waals surface area contributed by atoms with Crippen LogP contribution in [0.3, 0.4) is 0 Å². The van der Waals surface area contributed by atoms with Gasteiger partial charge in [0.2, 0.25) is 0 Å². The molecule has 3 heteroatoms. The molecule has 0 unspecified atom stereocenters. The summed E-state index contributed by atoms with van der Waals surface area (Å²) in [6.45, 7) is 0. The van der Waals surface area contributed by atoms with Gasteiger partial charge in [-0.25, -0.2) is 0 Å². The molecule has 0 radical (unpaired) electrons. The molecule has 0 aliphatic rings. The summed E-state index contributed by atoms with van der Waals surface area (Å²) in [5.74, 6) is 0. The average molecular weight is 366 g/mol. The van der Waals surface area contributed by atoms with Crippen molar-refractivity contribution in [3.05, 3.63) is 32.9 Å². The topological polar surface area (TPSA) is 0 Å². The molecular formula is C6H5ClI2. The molecule has 0 N–H and O–H groups in total. The van der Waals surface area contributed by atoms with Crippen LogP contribution in [0.2, 0.25) is 5.02 Å². The van der Waals surface area contributed by atoms with E-state index in [9.17, 15) is 0 Å². The smallest absolute Gasteiger partial charge is 0.0406 e. The summed E-state index contributed by atoms with van der Waals surface area (Å²) in [6, 6.07) is 7.71. The van der Waals surface area contributed by atoms with Gasteiger partial charge in [0, 0.05) is 8.59 Å². The fourth-order valence-electron chi connectivity index (χ4n) is 0.430. The molecule has 0 saturated heterocycles. The van der Waals surface area contributed by atoms with Gasteiger partial charge in [0.1, 0.15) is 0 Å². The van der Waals surface area contributed by atoms with Gasteiger partial charge < -0.3 is 0 Å². The molecule has 0 aromatic heterocycles. The van der Waals surface area contributed by atoms with Crippen LogP contribution in [0.5, 0.6) is 0 Å². The largest absolute Gasteiger partial charge is 0.107 e. The van der Waals surface area contributed by atoms with Crippen LogP contribution in [0, 0.1) is 3.57 Å². The fraction of sp³-hybridized carbons (Fsp3) is 0. The summed E-state index contributed by atoms with van der Waals surface area (Å²) in [5, 5.41) is 0.797. The maximum Gasteiger partial charge on any atom is 0.0406 e. The van der Waals surface area contributed by atoms with Crippen molar-refractivity contribution < 1.29 is 0 Å². The van der Waals surface area contributed by atoms with Gasteiger partial charge in [-0.3, -0.25) is 0 Å². The van der Waals surface area contributed by atoms with Crippen LogP contribution >= 0.6 is 58.2 Å². The van der Waals surface area contributed by atoms with Crippen molar-refractivity contribution >= 4 is 58.2 Å². The third-order valence-electron chi connectivity index (χ3n) is 0.804. The van der Waals surface area contributed by atoms with E-state index in [1.807, 2.05) is 24.3 Å². The molecule has 0 bridgehead atoms. The second-order valence-corrected chi connectivity index (χ2v) is 3.12. The molecular weight excluding hydrogens is 361 g/mol. The molecule has 1 aromatic rings. The molecule has 0 saturated carbocycles. The van der Waals surface area contributed by atoms with Crippen LogP contribution < -0.4 is 0 Å². The quantitative estimate of drug-likeness (QED) is 0.616. The molecule has 50 valence electrons. The molecule has 1 rings (SSSR count). The molecule has 0 aliphatic carbocycles. The lowest BCUT2D eigenvalue weighted by atomic mass is 10.4. The van der Waals surface area contributed by atoms with Crippen LogP contribution in [0.4, 0.5) is 0 Å². The molecule has 9 heavy (non-hydrogen) atoms. The van der Waals surface area contributed by atoms with Gasteiger partial charge in [-0.05, 0) is 46.9 Å². The van der Waals surface area contributed by atoms with Crippen molar-refractivity contribution in [3.63, 3.8) is 0 Å². The van der Waals surface area contributed by atoms with Gasteiger partial charge in [0.05, 0.1) is 0 Å². The Bertz CT molecular complexity index is 150. The molecule has 0 heterocycles. The van der Waals surface area contributed by atoms with Crippen molar-refractivity contribution in [1.82, 2.24) is 0 Å². The number of hydrogen-bond donors (Lipinski definition) is 0. The third kappa shape index (κ3) is 3.62. The second kappa shape index (κ2) is 4.73. The Balaban J connectivity index is 0.000000640. The Hall–Kier alpha value is 0.970. The predicted molar refractivity (Wildman–Crippen MR) is 59.6 cm³/mol. The molecule has 0 nitrogen and oxygen atoms in total. The number of rotatable bonds is 0. The lowest BCUT2D eigenvalue weighted by Gasteiger charge is -1.86. The first kappa shape index (κ1) is 9.97. The SMILES string of the molecule is Clc1ccc(I)cc1.I. The van der Waals surface area contributed by atoms with E-state index < -0.39 is 0 Å². The second-order valence-electron chi connectivity index (χ2n) is 1.44. The minimum absolute atomic E-state index is 0. The summed E-state index contributed by atoms with van der Waals surface area (Å²) < 4.78 is 1.21. The summed E-state index contributed by atoms with van der Waals surface area (Å²) in [5.41, 5.74) is 0. The first-order valence-electron chi connectivity index (χ1n) is 2.20. The standard InChI is InChI=1S/C6H4ClI.HI/c7-5-1-3-6(8)4-2-5;/h1-4H;1H. The van der Waals surface area contributed by atoms with Crippen molar-refractivity contribution in [1.29, 1.82) is 0 Å². The minimum Gasteiger partial charge on any atom is -0.107 e. The summed E-state index contributed by atoms with van der Waals surface area (Å²) in [4.78, 5) is 0. The van der Waals surface area contributed by atoms with Crippen LogP contribution in [0.25, 0.3) is 0 Å². The zero-order valence-corrected chi connectivity index (χ0v) is 9.72. The highest BCUT2D eigenvalue weighted by Gasteiger charge is 1.83. The number of hydrogen-bond acceptors (Lipinski definition) is 0. The van der Waals surface area contributed by atoms with E-state index in [0.717, 1.165) is 5.02 Å². The highest BCUT2D eigenvalue weighted by molar-refractivity contribution is 14.1. The zero-order valence-electron chi connectivity index (χ0n) is 4.47. The van der Waals surface area contributed by atoms with E-state index >= 15 is 0 Å². The maximum atomic E-state index is 5.61. The first-order chi connectivity index (χ1) is 3.79. The lowest BCUT2D eigenvalue weighted by molar-refractivity contribution is 1.65. The molecule has 0 atom stereocenters. The molecule has 0 aliphatic heterocycles. The Morgan fingerprint density at radius 1 is 1.11 bits per heavy atom. The van der Waals surface area contributed by atoms with Gasteiger partial charge in [-0.2, -0.15) is 0 Å². The maximum absolute atomic E-state index is 5.61. The van der Waals surface area contributed by atoms with Crippen LogP contribution in [0.15, 0.2) is 24.3 Å². The molecule has 0 spiro atoms. The van der Waals surface area contributed by atoms with Gasteiger partial charge >= 0.3 is 0 Å². The molecule has 0 fully saturated rings. The van der Waals surface area contributed by atoms with Crippen molar-refractivity contribution in [3.8, 4) is 0 Å². The van der Waals surface area contributed by atoms with E-state index in [2.05, 4.69) is 22.6 Å². The summed E-state index contributed by atoms with van der Waals surface area (Å²) >= 11 is 7.85. The van der Waals surface area contributed by atoms with E-state index in [4.69, 9.17) is 11.6 Å². The highest BCUT2D eigenvalue weighted by Crippen LogP contribution is 2.10. The zero-order chi connectivity index (χ0) is 5.98. The van der Waals surface area contributed by atoms with E-state index in [0.29, 0.717) is 0 Å². The van der Waals surface area contributed by atoms with Gasteiger partial charge in [0.25, 0.3) is 0 Å². The van der Waals surface area contributed by atoms with Crippen LogP contribution in [-0.2, 0) is 0 Å². The van der Waals surface area contributed by atoms with E-state index in [-0.39, 0.29) is 24.0 Å². The number of halogens is 3. The monoisotopic (exact) mass is 366 g/mol. The Morgan fingerprint density at radius 3 is 1.89 bits per heavy atom. The number of benzene rings is 1. The lowest BCUT2D eigenvalue weighted by Crippen LogP contribution is -1.65. The van der Waals surface area contributed by atoms with Gasteiger partial charge in [-0.15, -0.1) is 24.0 Å². The third-order valence-corrected chi connectivity index (χ3v) is 1.77. The van der Waals surface area contributed by atoms with E-state index in [1.54, 1.807) is 0 Å². The van der Waals surface area contributed by atoms with Gasteiger partial charge in [-0.1, -0.05) is 11.6 Å². The van der Waals surface area contributed by atoms with Crippen molar-refractivity contribution in [2.75, 3.05) is 0 Å². The summed E-state index contributed by atoms with van der Waals surface area (Å²) in [7, 11) is 0. The Morgan fingerprint density at radius 2 is 1.56 bits per heavy atom. The van der Waals surface area contributed by atoms with Gasteiger partial charge in [0.15, 0.2) is 0 Å². The minimum atomic E-state index is 0.